The Morgan fingerprint density at radius 2 is 1.03 bits per heavy atom. The van der Waals surface area contributed by atoms with Crippen LogP contribution in [-0.4, -0.2) is 4.98 Å². The Hall–Kier alpha value is -4.17. The second-order valence-corrected chi connectivity index (χ2v) is 7.64. The molecule has 146 valence electrons. The van der Waals surface area contributed by atoms with Crippen LogP contribution in [0.3, 0.4) is 0 Å². The first-order valence-electron chi connectivity index (χ1n) is 10.4. The molecule has 1 aromatic heterocycles. The number of hydrogen-bond donors (Lipinski definition) is 0. The highest BCUT2D eigenvalue weighted by Crippen LogP contribution is 2.36. The summed E-state index contributed by atoms with van der Waals surface area (Å²) in [6.07, 6.45) is 0. The highest BCUT2D eigenvalue weighted by atomic mass is 16.3. The number of aromatic nitrogens is 1. The lowest BCUT2D eigenvalue weighted by Crippen LogP contribution is -1.86. The molecule has 31 heavy (non-hydrogen) atoms. The van der Waals surface area contributed by atoms with Gasteiger partial charge in [0.2, 0.25) is 5.89 Å². The van der Waals surface area contributed by atoms with Crippen LogP contribution in [-0.2, 0) is 0 Å². The Bertz CT molecular complexity index is 1480. The third kappa shape index (κ3) is 3.10. The van der Waals surface area contributed by atoms with E-state index < -0.39 is 0 Å². The maximum absolute atomic E-state index is 6.06. The van der Waals surface area contributed by atoms with Gasteiger partial charge in [-0.3, -0.25) is 0 Å². The fourth-order valence-corrected chi connectivity index (χ4v) is 4.20. The first-order chi connectivity index (χ1) is 15.4. The topological polar surface area (TPSA) is 26.0 Å². The van der Waals surface area contributed by atoms with Crippen molar-refractivity contribution >= 4 is 21.9 Å². The number of fused-ring (bicyclic) bond motifs is 2. The van der Waals surface area contributed by atoms with Crippen LogP contribution in [0.2, 0.25) is 0 Å². The van der Waals surface area contributed by atoms with Gasteiger partial charge in [-0.05, 0) is 51.2 Å². The van der Waals surface area contributed by atoms with Crippen molar-refractivity contribution < 1.29 is 4.42 Å². The van der Waals surface area contributed by atoms with Crippen molar-refractivity contribution in [3.8, 4) is 33.7 Å². The molecule has 0 radical (unpaired) electrons. The fraction of sp³-hybridized carbons (Fsp3) is 0. The van der Waals surface area contributed by atoms with E-state index in [0.717, 1.165) is 22.0 Å². The molecule has 0 aliphatic heterocycles. The Balaban J connectivity index is 1.47. The van der Waals surface area contributed by atoms with Gasteiger partial charge >= 0.3 is 0 Å². The van der Waals surface area contributed by atoms with Crippen molar-refractivity contribution in [3.05, 3.63) is 115 Å². The normalized spacial score (nSPS) is 11.2. The summed E-state index contributed by atoms with van der Waals surface area (Å²) >= 11 is 0. The summed E-state index contributed by atoms with van der Waals surface area (Å²) in [5, 5.41) is 2.33. The van der Waals surface area contributed by atoms with Crippen LogP contribution in [0.5, 0.6) is 0 Å². The quantitative estimate of drug-likeness (QED) is 0.302. The Morgan fingerprint density at radius 1 is 0.452 bits per heavy atom. The van der Waals surface area contributed by atoms with Crippen LogP contribution >= 0.6 is 0 Å². The minimum Gasteiger partial charge on any atom is -0.436 e. The van der Waals surface area contributed by atoms with Gasteiger partial charge in [-0.25, -0.2) is 4.98 Å². The van der Waals surface area contributed by atoms with Crippen molar-refractivity contribution in [1.82, 2.24) is 4.98 Å². The van der Waals surface area contributed by atoms with Gasteiger partial charge in [0.05, 0.1) is 0 Å². The molecule has 0 unspecified atom stereocenters. The minimum absolute atomic E-state index is 0.656. The van der Waals surface area contributed by atoms with Gasteiger partial charge < -0.3 is 4.42 Å². The molecule has 0 aliphatic rings. The molecule has 0 atom stereocenters. The van der Waals surface area contributed by atoms with Crippen molar-refractivity contribution in [2.75, 3.05) is 0 Å². The van der Waals surface area contributed by atoms with E-state index in [2.05, 4.69) is 84.9 Å². The molecular formula is C29H19NO. The predicted octanol–water partition coefficient (Wildman–Crippen LogP) is 7.98. The van der Waals surface area contributed by atoms with Crippen molar-refractivity contribution in [2.24, 2.45) is 0 Å². The number of benzene rings is 5. The number of oxazole rings is 1. The number of para-hydroxylation sites is 2. The average Bonchev–Trinajstić information content (AvgIpc) is 3.28. The molecule has 0 amide bonds. The first kappa shape index (κ1) is 17.7. The monoisotopic (exact) mass is 397 g/mol. The van der Waals surface area contributed by atoms with E-state index in [9.17, 15) is 0 Å². The third-order valence-corrected chi connectivity index (χ3v) is 5.75. The third-order valence-electron chi connectivity index (χ3n) is 5.75. The highest BCUT2D eigenvalue weighted by molar-refractivity contribution is 6.04. The average molecular weight is 397 g/mol. The summed E-state index contributed by atoms with van der Waals surface area (Å²) in [5.74, 6) is 0.656. The lowest BCUT2D eigenvalue weighted by Gasteiger charge is -2.11. The number of hydrogen-bond acceptors (Lipinski definition) is 2. The zero-order valence-electron chi connectivity index (χ0n) is 16.8. The minimum atomic E-state index is 0.656. The largest absolute Gasteiger partial charge is 0.436 e. The van der Waals surface area contributed by atoms with Gasteiger partial charge in [0.25, 0.3) is 0 Å². The molecule has 5 aromatic carbocycles. The maximum atomic E-state index is 6.06. The van der Waals surface area contributed by atoms with Gasteiger partial charge in [0, 0.05) is 5.56 Å². The van der Waals surface area contributed by atoms with Gasteiger partial charge in [-0.1, -0.05) is 97.1 Å². The van der Waals surface area contributed by atoms with E-state index in [4.69, 9.17) is 9.40 Å². The van der Waals surface area contributed by atoms with Crippen LogP contribution in [0.1, 0.15) is 0 Å². The second-order valence-electron chi connectivity index (χ2n) is 7.64. The maximum Gasteiger partial charge on any atom is 0.227 e. The molecule has 0 saturated heterocycles. The van der Waals surface area contributed by atoms with E-state index in [1.807, 2.05) is 30.3 Å². The van der Waals surface area contributed by atoms with Gasteiger partial charge in [-0.15, -0.1) is 0 Å². The van der Waals surface area contributed by atoms with E-state index in [-0.39, 0.29) is 0 Å². The van der Waals surface area contributed by atoms with Gasteiger partial charge in [0.15, 0.2) is 5.58 Å². The van der Waals surface area contributed by atoms with Crippen LogP contribution in [0.4, 0.5) is 0 Å². The van der Waals surface area contributed by atoms with Gasteiger partial charge in [0.1, 0.15) is 5.52 Å². The summed E-state index contributed by atoms with van der Waals surface area (Å²) in [7, 11) is 0. The molecule has 6 aromatic rings. The molecule has 2 nitrogen and oxygen atoms in total. The van der Waals surface area contributed by atoms with E-state index >= 15 is 0 Å². The zero-order chi connectivity index (χ0) is 20.6. The molecular weight excluding hydrogens is 378 g/mol. The Labute approximate surface area is 180 Å². The lowest BCUT2D eigenvalue weighted by molar-refractivity contribution is 0.620. The van der Waals surface area contributed by atoms with E-state index in [1.54, 1.807) is 0 Å². The van der Waals surface area contributed by atoms with Crippen LogP contribution in [0, 0.1) is 0 Å². The van der Waals surface area contributed by atoms with E-state index in [0.29, 0.717) is 5.89 Å². The number of rotatable bonds is 3. The van der Waals surface area contributed by atoms with E-state index in [1.165, 1.54) is 27.6 Å². The molecule has 0 aliphatic carbocycles. The Kier molecular flexibility index (Phi) is 4.14. The Morgan fingerprint density at radius 3 is 1.81 bits per heavy atom. The smallest absolute Gasteiger partial charge is 0.227 e. The van der Waals surface area contributed by atoms with Crippen molar-refractivity contribution in [1.29, 1.82) is 0 Å². The molecule has 6 rings (SSSR count). The molecule has 0 fully saturated rings. The molecule has 0 N–H and O–H groups in total. The molecule has 0 saturated carbocycles. The van der Waals surface area contributed by atoms with Crippen LogP contribution in [0.15, 0.2) is 120 Å². The summed E-state index contributed by atoms with van der Waals surface area (Å²) in [5.41, 5.74) is 7.54. The van der Waals surface area contributed by atoms with Crippen molar-refractivity contribution in [3.63, 3.8) is 0 Å². The molecule has 0 bridgehead atoms. The molecule has 0 spiro atoms. The summed E-state index contributed by atoms with van der Waals surface area (Å²) in [4.78, 5) is 4.71. The second kappa shape index (κ2) is 7.26. The predicted molar refractivity (Wildman–Crippen MR) is 128 cm³/mol. The zero-order valence-corrected chi connectivity index (χ0v) is 16.8. The van der Waals surface area contributed by atoms with Gasteiger partial charge in [-0.2, -0.15) is 0 Å². The molecule has 2 heteroatoms. The SMILES string of the molecule is c1ccc(-c2ccc(-c3ccc(-c4nc5ccccc5o4)c4ccccc34)cc2)cc1. The first-order valence-corrected chi connectivity index (χ1v) is 10.4. The number of nitrogens with zero attached hydrogens (tertiary/aromatic N) is 1. The fourth-order valence-electron chi connectivity index (χ4n) is 4.20. The lowest BCUT2D eigenvalue weighted by atomic mass is 9.94. The summed E-state index contributed by atoms with van der Waals surface area (Å²) in [6, 6.07) is 39.9. The summed E-state index contributed by atoms with van der Waals surface area (Å²) < 4.78 is 6.06. The standard InChI is InChI=1S/C29H19NO/c1-2-8-20(9-3-1)21-14-16-22(17-15-21)23-18-19-26(25-11-5-4-10-24(23)25)29-30-27-12-6-7-13-28(27)31-29/h1-19H. The summed E-state index contributed by atoms with van der Waals surface area (Å²) in [6.45, 7) is 0. The van der Waals surface area contributed by atoms with Crippen molar-refractivity contribution in [2.45, 2.75) is 0 Å². The van der Waals surface area contributed by atoms with Crippen LogP contribution in [0.25, 0.3) is 55.6 Å². The van der Waals surface area contributed by atoms with Crippen LogP contribution < -0.4 is 0 Å². The molecule has 1 heterocycles. The highest BCUT2D eigenvalue weighted by Gasteiger charge is 2.14.